The number of nitrogens with zero attached hydrogens (tertiary/aromatic N) is 1. The molecular weight excluding hydrogens is 192 g/mol. The number of aromatic nitrogens is 1. The van der Waals surface area contributed by atoms with Gasteiger partial charge in [-0.2, -0.15) is 4.98 Å². The first kappa shape index (κ1) is 11.6. The van der Waals surface area contributed by atoms with Crippen molar-refractivity contribution < 1.29 is 9.47 Å². The van der Waals surface area contributed by atoms with Crippen molar-refractivity contribution in [3.8, 4) is 11.8 Å². The number of pyridine rings is 1. The van der Waals surface area contributed by atoms with Gasteiger partial charge < -0.3 is 15.2 Å². The summed E-state index contributed by atoms with van der Waals surface area (Å²) < 4.78 is 10.5. The summed E-state index contributed by atoms with van der Waals surface area (Å²) in [6, 6.07) is 3.45. The standard InChI is InChI=1S/C11H18N2O2/c1-3-4-5-8-15-11-9(12)6-7-10(13-11)14-2/h6-7H,3-5,8,12H2,1-2H3. The number of ether oxygens (including phenoxy) is 2. The van der Waals surface area contributed by atoms with Crippen LogP contribution >= 0.6 is 0 Å². The predicted octanol–water partition coefficient (Wildman–Crippen LogP) is 2.24. The third-order valence-electron chi connectivity index (χ3n) is 2.06. The van der Waals surface area contributed by atoms with Crippen molar-refractivity contribution in [3.05, 3.63) is 12.1 Å². The summed E-state index contributed by atoms with van der Waals surface area (Å²) in [6.45, 7) is 2.80. The lowest BCUT2D eigenvalue weighted by atomic mass is 10.3. The van der Waals surface area contributed by atoms with E-state index in [9.17, 15) is 0 Å². The van der Waals surface area contributed by atoms with Crippen molar-refractivity contribution in [1.29, 1.82) is 0 Å². The van der Waals surface area contributed by atoms with Crippen LogP contribution in [-0.4, -0.2) is 18.7 Å². The topological polar surface area (TPSA) is 57.4 Å². The Morgan fingerprint density at radius 1 is 1.33 bits per heavy atom. The second-order valence-corrected chi connectivity index (χ2v) is 3.30. The van der Waals surface area contributed by atoms with Crippen LogP contribution in [-0.2, 0) is 0 Å². The smallest absolute Gasteiger partial charge is 0.240 e. The van der Waals surface area contributed by atoms with Gasteiger partial charge in [-0.1, -0.05) is 19.8 Å². The van der Waals surface area contributed by atoms with Crippen LogP contribution in [0.25, 0.3) is 0 Å². The van der Waals surface area contributed by atoms with Gasteiger partial charge >= 0.3 is 0 Å². The molecular formula is C11H18N2O2. The molecule has 1 aromatic rings. The fourth-order valence-electron chi connectivity index (χ4n) is 1.18. The summed E-state index contributed by atoms with van der Waals surface area (Å²) in [7, 11) is 1.57. The van der Waals surface area contributed by atoms with Crippen molar-refractivity contribution in [2.24, 2.45) is 0 Å². The quantitative estimate of drug-likeness (QED) is 0.731. The van der Waals surface area contributed by atoms with E-state index in [1.165, 1.54) is 6.42 Å². The van der Waals surface area contributed by atoms with Crippen LogP contribution < -0.4 is 15.2 Å². The minimum absolute atomic E-state index is 0.463. The van der Waals surface area contributed by atoms with Gasteiger partial charge in [-0.15, -0.1) is 0 Å². The van der Waals surface area contributed by atoms with E-state index in [1.807, 2.05) is 0 Å². The van der Waals surface area contributed by atoms with Crippen LogP contribution in [0, 0.1) is 0 Å². The molecule has 84 valence electrons. The maximum Gasteiger partial charge on any atom is 0.240 e. The Morgan fingerprint density at radius 3 is 2.80 bits per heavy atom. The Hall–Kier alpha value is -1.45. The van der Waals surface area contributed by atoms with Gasteiger partial charge in [0, 0.05) is 6.07 Å². The lowest BCUT2D eigenvalue weighted by molar-refractivity contribution is 0.290. The lowest BCUT2D eigenvalue weighted by Crippen LogP contribution is -2.03. The number of anilines is 1. The zero-order valence-corrected chi connectivity index (χ0v) is 9.32. The number of hydrogen-bond acceptors (Lipinski definition) is 4. The average Bonchev–Trinajstić information content (AvgIpc) is 2.26. The van der Waals surface area contributed by atoms with Gasteiger partial charge in [0.15, 0.2) is 0 Å². The lowest BCUT2D eigenvalue weighted by Gasteiger charge is -2.08. The molecule has 0 radical (unpaired) electrons. The molecule has 0 aliphatic carbocycles. The first-order valence-electron chi connectivity index (χ1n) is 5.21. The highest BCUT2D eigenvalue weighted by atomic mass is 16.5. The molecule has 0 bridgehead atoms. The molecule has 4 heteroatoms. The normalized spacial score (nSPS) is 10.0. The molecule has 0 saturated carbocycles. The molecule has 0 aromatic carbocycles. The Kier molecular flexibility index (Phi) is 4.74. The van der Waals surface area contributed by atoms with Gasteiger partial charge in [-0.05, 0) is 12.5 Å². The molecule has 0 aliphatic heterocycles. The molecule has 0 aliphatic rings. The van der Waals surface area contributed by atoms with Crippen LogP contribution in [0.3, 0.4) is 0 Å². The Bertz CT molecular complexity index is 303. The fraction of sp³-hybridized carbons (Fsp3) is 0.545. The van der Waals surface area contributed by atoms with E-state index < -0.39 is 0 Å². The van der Waals surface area contributed by atoms with Gasteiger partial charge in [0.25, 0.3) is 0 Å². The van der Waals surface area contributed by atoms with E-state index in [0.717, 1.165) is 12.8 Å². The monoisotopic (exact) mass is 210 g/mol. The Labute approximate surface area is 90.4 Å². The summed E-state index contributed by atoms with van der Waals surface area (Å²) in [5.74, 6) is 0.986. The molecule has 0 atom stereocenters. The van der Waals surface area contributed by atoms with Crippen LogP contribution in [0.15, 0.2) is 12.1 Å². The van der Waals surface area contributed by atoms with Crippen LogP contribution in [0.5, 0.6) is 11.8 Å². The molecule has 0 fully saturated rings. The minimum atomic E-state index is 0.463. The highest BCUT2D eigenvalue weighted by Gasteiger charge is 2.03. The van der Waals surface area contributed by atoms with E-state index >= 15 is 0 Å². The minimum Gasteiger partial charge on any atom is -0.481 e. The van der Waals surface area contributed by atoms with Crippen LogP contribution in [0.2, 0.25) is 0 Å². The Balaban J connectivity index is 2.51. The number of rotatable bonds is 6. The Morgan fingerprint density at radius 2 is 2.13 bits per heavy atom. The van der Waals surface area contributed by atoms with Crippen molar-refractivity contribution >= 4 is 5.69 Å². The van der Waals surface area contributed by atoms with E-state index in [2.05, 4.69) is 11.9 Å². The molecule has 0 saturated heterocycles. The van der Waals surface area contributed by atoms with Crippen LogP contribution in [0.4, 0.5) is 5.69 Å². The maximum absolute atomic E-state index is 5.72. The van der Waals surface area contributed by atoms with Gasteiger partial charge in [0.1, 0.15) is 0 Å². The summed E-state index contributed by atoms with van der Waals surface area (Å²) in [4.78, 5) is 4.12. The van der Waals surface area contributed by atoms with E-state index in [1.54, 1.807) is 19.2 Å². The van der Waals surface area contributed by atoms with Crippen molar-refractivity contribution in [2.45, 2.75) is 26.2 Å². The van der Waals surface area contributed by atoms with Gasteiger partial charge in [-0.25, -0.2) is 0 Å². The number of nitrogen functional groups attached to an aromatic ring is 1. The molecule has 15 heavy (non-hydrogen) atoms. The first-order valence-corrected chi connectivity index (χ1v) is 5.21. The van der Waals surface area contributed by atoms with Crippen LogP contribution in [0.1, 0.15) is 26.2 Å². The highest BCUT2D eigenvalue weighted by molar-refractivity contribution is 5.49. The number of methoxy groups -OCH3 is 1. The average molecular weight is 210 g/mol. The molecule has 1 rings (SSSR count). The SMILES string of the molecule is CCCCCOc1nc(OC)ccc1N. The number of unbranched alkanes of at least 4 members (excludes halogenated alkanes) is 2. The third-order valence-corrected chi connectivity index (χ3v) is 2.06. The summed E-state index contributed by atoms with van der Waals surface area (Å²) in [5, 5.41) is 0. The second-order valence-electron chi connectivity index (χ2n) is 3.30. The largest absolute Gasteiger partial charge is 0.481 e. The van der Waals surface area contributed by atoms with E-state index in [0.29, 0.717) is 24.1 Å². The molecule has 0 unspecified atom stereocenters. The highest BCUT2D eigenvalue weighted by Crippen LogP contribution is 2.21. The summed E-state index contributed by atoms with van der Waals surface area (Å²) in [5.41, 5.74) is 6.26. The summed E-state index contributed by atoms with van der Waals surface area (Å²) in [6.07, 6.45) is 3.35. The second kappa shape index (κ2) is 6.11. The number of hydrogen-bond donors (Lipinski definition) is 1. The van der Waals surface area contributed by atoms with Gasteiger partial charge in [0.05, 0.1) is 19.4 Å². The molecule has 2 N–H and O–H groups in total. The maximum atomic E-state index is 5.72. The summed E-state index contributed by atoms with van der Waals surface area (Å²) >= 11 is 0. The van der Waals surface area contributed by atoms with E-state index in [4.69, 9.17) is 15.2 Å². The fourth-order valence-corrected chi connectivity index (χ4v) is 1.18. The number of nitrogens with two attached hydrogens (primary N) is 1. The van der Waals surface area contributed by atoms with Crippen molar-refractivity contribution in [3.63, 3.8) is 0 Å². The van der Waals surface area contributed by atoms with Crippen molar-refractivity contribution in [1.82, 2.24) is 4.98 Å². The molecule has 0 spiro atoms. The first-order chi connectivity index (χ1) is 7.27. The van der Waals surface area contributed by atoms with E-state index in [-0.39, 0.29) is 0 Å². The van der Waals surface area contributed by atoms with Gasteiger partial charge in [-0.3, -0.25) is 0 Å². The van der Waals surface area contributed by atoms with Gasteiger partial charge in [0.2, 0.25) is 11.8 Å². The zero-order valence-electron chi connectivity index (χ0n) is 9.32. The molecule has 0 amide bonds. The predicted molar refractivity (Wildman–Crippen MR) is 60.2 cm³/mol. The molecule has 1 aromatic heterocycles. The zero-order chi connectivity index (χ0) is 11.1. The van der Waals surface area contributed by atoms with Crippen molar-refractivity contribution in [2.75, 3.05) is 19.5 Å². The molecule has 4 nitrogen and oxygen atoms in total. The molecule has 1 heterocycles. The third kappa shape index (κ3) is 3.65.